The van der Waals surface area contributed by atoms with Crippen molar-refractivity contribution < 1.29 is 12.7 Å². The Morgan fingerprint density at radius 3 is 1.71 bits per heavy atom. The van der Waals surface area contributed by atoms with E-state index >= 15 is 0 Å². The quantitative estimate of drug-likeness (QED) is 0.665. The van der Waals surface area contributed by atoms with E-state index in [2.05, 4.69) is 43.9 Å². The molecular formula is C18H26O3Si3. The van der Waals surface area contributed by atoms with Crippen LogP contribution >= 0.6 is 0 Å². The molecule has 0 spiro atoms. The lowest BCUT2D eigenvalue weighted by molar-refractivity contribution is 0.294. The van der Waals surface area contributed by atoms with Crippen molar-refractivity contribution in [1.29, 1.82) is 0 Å². The highest BCUT2D eigenvalue weighted by Gasteiger charge is 2.48. The molecule has 6 heteroatoms. The van der Waals surface area contributed by atoms with Gasteiger partial charge in [-0.1, -0.05) is 66.4 Å². The summed E-state index contributed by atoms with van der Waals surface area (Å²) in [4.78, 5) is 0. The molecule has 0 fully saturated rings. The molecule has 0 heterocycles. The normalized spacial score (nSPS) is 14.4. The van der Waals surface area contributed by atoms with E-state index in [4.69, 9.17) is 12.7 Å². The van der Waals surface area contributed by atoms with Crippen LogP contribution in [-0.2, 0) is 12.7 Å². The molecule has 0 N–H and O–H groups in total. The van der Waals surface area contributed by atoms with Crippen LogP contribution in [0.4, 0.5) is 0 Å². The predicted octanol–water partition coefficient (Wildman–Crippen LogP) is 2.70. The monoisotopic (exact) mass is 374 g/mol. The van der Waals surface area contributed by atoms with Crippen LogP contribution in [-0.4, -0.2) is 33.3 Å². The van der Waals surface area contributed by atoms with Crippen LogP contribution in [0.5, 0.6) is 0 Å². The molecule has 1 unspecified atom stereocenters. The van der Waals surface area contributed by atoms with Crippen molar-refractivity contribution in [3.05, 3.63) is 72.9 Å². The van der Waals surface area contributed by atoms with Gasteiger partial charge in [-0.2, -0.15) is 0 Å². The Balaban J connectivity index is 2.67. The van der Waals surface area contributed by atoms with E-state index in [9.17, 15) is 0 Å². The molecule has 0 aliphatic rings. The largest absolute Gasteiger partial charge is 0.433 e. The van der Waals surface area contributed by atoms with E-state index in [-0.39, 0.29) is 0 Å². The van der Waals surface area contributed by atoms with Crippen LogP contribution in [0.1, 0.15) is 0 Å². The van der Waals surface area contributed by atoms with Gasteiger partial charge in [-0.3, -0.25) is 0 Å². The summed E-state index contributed by atoms with van der Waals surface area (Å²) in [5, 5.41) is 2.21. The van der Waals surface area contributed by atoms with Crippen LogP contribution in [0.15, 0.2) is 72.9 Å². The molecule has 0 saturated carbocycles. The summed E-state index contributed by atoms with van der Waals surface area (Å²) in [6.45, 7) is 10.3. The maximum absolute atomic E-state index is 6.76. The highest BCUT2D eigenvalue weighted by atomic mass is 28.5. The van der Waals surface area contributed by atoms with Gasteiger partial charge in [0.1, 0.15) is 0 Å². The molecule has 0 saturated heterocycles. The average molecular weight is 375 g/mol. The lowest BCUT2D eigenvalue weighted by Gasteiger charge is -2.39. The van der Waals surface area contributed by atoms with E-state index in [1.807, 2.05) is 48.6 Å². The van der Waals surface area contributed by atoms with Gasteiger partial charge in [-0.05, 0) is 30.0 Å². The summed E-state index contributed by atoms with van der Waals surface area (Å²) in [6, 6.07) is 20.6. The van der Waals surface area contributed by atoms with Crippen molar-refractivity contribution in [3.63, 3.8) is 0 Å². The highest BCUT2D eigenvalue weighted by Crippen LogP contribution is 2.19. The van der Waals surface area contributed by atoms with Crippen molar-refractivity contribution in [3.8, 4) is 0 Å². The smallest absolute Gasteiger partial charge is 0.388 e. The number of hydrogen-bond donors (Lipinski definition) is 0. The van der Waals surface area contributed by atoms with Crippen LogP contribution < -0.4 is 10.4 Å². The fourth-order valence-electron chi connectivity index (χ4n) is 2.54. The molecule has 3 nitrogen and oxygen atoms in total. The zero-order valence-electron chi connectivity index (χ0n) is 14.9. The Morgan fingerprint density at radius 1 is 0.917 bits per heavy atom. The van der Waals surface area contributed by atoms with E-state index in [0.717, 1.165) is 10.4 Å². The third-order valence-corrected chi connectivity index (χ3v) is 13.6. The number of benzene rings is 2. The molecule has 2 rings (SSSR count). The molecular weight excluding hydrogens is 348 g/mol. The average Bonchev–Trinajstić information content (AvgIpc) is 2.62. The van der Waals surface area contributed by atoms with Gasteiger partial charge in [0.05, 0.1) is 0 Å². The van der Waals surface area contributed by atoms with Gasteiger partial charge in [0.15, 0.2) is 9.04 Å². The first-order valence-corrected chi connectivity index (χ1v) is 15.1. The molecule has 2 aromatic carbocycles. The molecule has 1 atom stereocenters. The van der Waals surface area contributed by atoms with Gasteiger partial charge < -0.3 is 12.7 Å². The molecule has 0 amide bonds. The molecule has 128 valence electrons. The Hall–Kier alpha value is -1.29. The van der Waals surface area contributed by atoms with Gasteiger partial charge in [-0.25, -0.2) is 0 Å². The highest BCUT2D eigenvalue weighted by molar-refractivity contribution is 7.00. The maximum Gasteiger partial charge on any atom is 0.388 e. The summed E-state index contributed by atoms with van der Waals surface area (Å²) >= 11 is 0. The lowest BCUT2D eigenvalue weighted by atomic mass is 10.4. The van der Waals surface area contributed by atoms with Crippen molar-refractivity contribution in [2.45, 2.75) is 19.6 Å². The van der Waals surface area contributed by atoms with Crippen LogP contribution in [0, 0.1) is 0 Å². The SMILES string of the molecule is C=C[Si](C)(OC)O[Si](O[SiH](C)C)(c1ccccc1)c1ccccc1. The minimum atomic E-state index is -2.86. The molecule has 0 aliphatic heterocycles. The van der Waals surface area contributed by atoms with E-state index in [0.29, 0.717) is 0 Å². The van der Waals surface area contributed by atoms with Crippen LogP contribution in [0.2, 0.25) is 19.6 Å². The number of rotatable bonds is 8. The Morgan fingerprint density at radius 2 is 1.38 bits per heavy atom. The minimum Gasteiger partial charge on any atom is -0.433 e. The summed E-state index contributed by atoms with van der Waals surface area (Å²) in [7, 11) is -5.09. The van der Waals surface area contributed by atoms with Gasteiger partial charge in [-0.15, -0.1) is 6.58 Å². The summed E-state index contributed by atoms with van der Waals surface area (Å²) < 4.78 is 19.2. The Kier molecular flexibility index (Phi) is 6.50. The minimum absolute atomic E-state index is 1.11. The molecule has 24 heavy (non-hydrogen) atoms. The zero-order chi connectivity index (χ0) is 17.6. The van der Waals surface area contributed by atoms with Gasteiger partial charge in [0, 0.05) is 7.11 Å². The number of hydrogen-bond acceptors (Lipinski definition) is 3. The Labute approximate surface area is 149 Å². The maximum atomic E-state index is 6.76. The van der Waals surface area contributed by atoms with Crippen molar-refractivity contribution in [1.82, 2.24) is 0 Å². The second kappa shape index (κ2) is 8.19. The van der Waals surface area contributed by atoms with Gasteiger partial charge >= 0.3 is 17.1 Å². The first kappa shape index (κ1) is 19.0. The summed E-state index contributed by atoms with van der Waals surface area (Å²) in [5.74, 6) is 0. The third-order valence-electron chi connectivity index (χ3n) is 3.83. The van der Waals surface area contributed by atoms with E-state index in [1.165, 1.54) is 0 Å². The van der Waals surface area contributed by atoms with E-state index < -0.39 is 26.2 Å². The fourth-order valence-corrected chi connectivity index (χ4v) is 12.6. The topological polar surface area (TPSA) is 27.7 Å². The third kappa shape index (κ3) is 4.21. The van der Waals surface area contributed by atoms with Crippen LogP contribution in [0.25, 0.3) is 0 Å². The van der Waals surface area contributed by atoms with Crippen molar-refractivity contribution in [2.75, 3.05) is 7.11 Å². The first-order valence-electron chi connectivity index (χ1n) is 8.13. The zero-order valence-corrected chi connectivity index (χ0v) is 18.0. The summed E-state index contributed by atoms with van der Waals surface area (Å²) in [5.41, 5.74) is 1.83. The Bertz CT molecular complexity index is 610. The lowest BCUT2D eigenvalue weighted by Crippen LogP contribution is -2.69. The predicted molar refractivity (Wildman–Crippen MR) is 108 cm³/mol. The van der Waals surface area contributed by atoms with Gasteiger partial charge in [0.2, 0.25) is 0 Å². The molecule has 0 aliphatic carbocycles. The standard InChI is InChI=1S/C18H26O3Si3/c1-6-23(5,19-2)21-24(20-22(3)4,17-13-9-7-10-14-17)18-15-11-8-12-16-18/h6-16,22H,1H2,2-5H3. The van der Waals surface area contributed by atoms with E-state index in [1.54, 1.807) is 7.11 Å². The fraction of sp³-hybridized carbons (Fsp3) is 0.222. The summed E-state index contributed by atoms with van der Waals surface area (Å²) in [6.07, 6.45) is 0. The molecule has 2 aromatic rings. The van der Waals surface area contributed by atoms with Crippen molar-refractivity contribution >= 4 is 36.5 Å². The second-order valence-corrected chi connectivity index (χ2v) is 15.1. The first-order chi connectivity index (χ1) is 11.5. The van der Waals surface area contributed by atoms with Crippen LogP contribution in [0.3, 0.4) is 0 Å². The molecule has 0 radical (unpaired) electrons. The second-order valence-electron chi connectivity index (χ2n) is 6.04. The van der Waals surface area contributed by atoms with Gasteiger partial charge in [0.25, 0.3) is 0 Å². The molecule has 0 aromatic heterocycles. The molecule has 0 bridgehead atoms. The van der Waals surface area contributed by atoms with Crippen molar-refractivity contribution in [2.24, 2.45) is 0 Å².